The fourth-order valence-electron chi connectivity index (χ4n) is 1.79. The zero-order chi connectivity index (χ0) is 14.3. The summed E-state index contributed by atoms with van der Waals surface area (Å²) in [6, 6.07) is 5.17. The van der Waals surface area contributed by atoms with E-state index in [-0.39, 0.29) is 11.8 Å². The standard InChI is InChI=1S/C12H9Cl2N5O/c1-19-10-8(5-16-12(15)17-10)20-11(18-19)9-6(13)3-2-4-7(9)14/h2-5H,1H3,(H2,15,16,17). The minimum atomic E-state index is 0.147. The van der Waals surface area contributed by atoms with E-state index in [4.69, 9.17) is 33.7 Å². The van der Waals surface area contributed by atoms with Gasteiger partial charge in [0.15, 0.2) is 11.6 Å². The maximum atomic E-state index is 6.15. The number of hydrogen-bond acceptors (Lipinski definition) is 6. The highest BCUT2D eigenvalue weighted by molar-refractivity contribution is 6.39. The summed E-state index contributed by atoms with van der Waals surface area (Å²) in [4.78, 5) is 7.96. The number of aromatic nitrogens is 2. The first-order chi connectivity index (χ1) is 9.56. The van der Waals surface area contributed by atoms with E-state index in [9.17, 15) is 0 Å². The topological polar surface area (TPSA) is 76.6 Å². The molecule has 0 radical (unpaired) electrons. The van der Waals surface area contributed by atoms with Gasteiger partial charge in [0.2, 0.25) is 11.8 Å². The van der Waals surface area contributed by atoms with Crippen molar-refractivity contribution in [3.8, 4) is 5.75 Å². The number of rotatable bonds is 1. The van der Waals surface area contributed by atoms with Gasteiger partial charge in [-0.1, -0.05) is 29.3 Å². The highest BCUT2D eigenvalue weighted by atomic mass is 35.5. The van der Waals surface area contributed by atoms with Gasteiger partial charge in [-0.3, -0.25) is 0 Å². The predicted octanol–water partition coefficient (Wildman–Crippen LogP) is 2.56. The molecule has 102 valence electrons. The lowest BCUT2D eigenvalue weighted by Gasteiger charge is -2.23. The molecule has 0 spiro atoms. The van der Waals surface area contributed by atoms with Crippen molar-refractivity contribution in [2.24, 2.45) is 5.10 Å². The van der Waals surface area contributed by atoms with Gasteiger partial charge in [0.05, 0.1) is 21.8 Å². The summed E-state index contributed by atoms with van der Waals surface area (Å²) in [5.41, 5.74) is 6.06. The van der Waals surface area contributed by atoms with E-state index in [1.54, 1.807) is 25.2 Å². The summed E-state index contributed by atoms with van der Waals surface area (Å²) in [5, 5.41) is 6.70. The maximum Gasteiger partial charge on any atom is 0.247 e. The fourth-order valence-corrected chi connectivity index (χ4v) is 2.35. The van der Waals surface area contributed by atoms with E-state index in [1.807, 2.05) is 0 Å². The van der Waals surface area contributed by atoms with E-state index < -0.39 is 0 Å². The minimum absolute atomic E-state index is 0.147. The van der Waals surface area contributed by atoms with Crippen LogP contribution < -0.4 is 15.5 Å². The van der Waals surface area contributed by atoms with Gasteiger partial charge in [0.1, 0.15) is 0 Å². The van der Waals surface area contributed by atoms with Crippen LogP contribution in [-0.2, 0) is 0 Å². The molecule has 1 aromatic heterocycles. The second-order valence-electron chi connectivity index (χ2n) is 4.04. The van der Waals surface area contributed by atoms with Crippen molar-refractivity contribution in [3.05, 3.63) is 40.0 Å². The zero-order valence-electron chi connectivity index (χ0n) is 10.3. The van der Waals surface area contributed by atoms with Crippen LogP contribution in [-0.4, -0.2) is 22.9 Å². The highest BCUT2D eigenvalue weighted by Gasteiger charge is 2.24. The summed E-state index contributed by atoms with van der Waals surface area (Å²) in [5.74, 6) is 1.34. The Morgan fingerprint density at radius 3 is 2.65 bits per heavy atom. The average molecular weight is 310 g/mol. The van der Waals surface area contributed by atoms with Crippen LogP contribution in [0, 0.1) is 0 Å². The average Bonchev–Trinajstić information content (AvgIpc) is 2.39. The Labute approximate surface area is 124 Å². The third-order valence-corrected chi connectivity index (χ3v) is 3.32. The molecule has 0 bridgehead atoms. The molecule has 3 rings (SSSR count). The molecule has 1 aliphatic heterocycles. The summed E-state index contributed by atoms with van der Waals surface area (Å²) < 4.78 is 5.66. The first-order valence-corrected chi connectivity index (χ1v) is 6.39. The van der Waals surface area contributed by atoms with Crippen LogP contribution in [0.25, 0.3) is 0 Å². The van der Waals surface area contributed by atoms with Crippen molar-refractivity contribution in [2.75, 3.05) is 17.8 Å². The lowest BCUT2D eigenvalue weighted by Crippen LogP contribution is -2.26. The van der Waals surface area contributed by atoms with Gasteiger partial charge in [0, 0.05) is 7.05 Å². The molecule has 0 aliphatic carbocycles. The molecule has 0 unspecified atom stereocenters. The molecular weight excluding hydrogens is 301 g/mol. The van der Waals surface area contributed by atoms with Crippen molar-refractivity contribution in [1.29, 1.82) is 0 Å². The van der Waals surface area contributed by atoms with Crippen LogP contribution in [0.15, 0.2) is 29.5 Å². The molecule has 8 heteroatoms. The third kappa shape index (κ3) is 2.13. The monoisotopic (exact) mass is 309 g/mol. The molecule has 0 saturated carbocycles. The Morgan fingerprint density at radius 1 is 1.25 bits per heavy atom. The van der Waals surface area contributed by atoms with Crippen molar-refractivity contribution in [2.45, 2.75) is 0 Å². The second kappa shape index (κ2) is 4.81. The van der Waals surface area contributed by atoms with E-state index in [0.29, 0.717) is 27.2 Å². The normalized spacial score (nSPS) is 13.6. The Hall–Kier alpha value is -2.05. The van der Waals surface area contributed by atoms with Gasteiger partial charge < -0.3 is 10.5 Å². The van der Waals surface area contributed by atoms with Gasteiger partial charge in [-0.25, -0.2) is 9.99 Å². The molecule has 2 heterocycles. The molecule has 1 aliphatic rings. The molecular formula is C12H9Cl2N5O. The predicted molar refractivity (Wildman–Crippen MR) is 78.5 cm³/mol. The number of benzene rings is 1. The molecule has 0 saturated heterocycles. The molecule has 2 N–H and O–H groups in total. The number of ether oxygens (including phenoxy) is 1. The van der Waals surface area contributed by atoms with Gasteiger partial charge in [-0.05, 0) is 12.1 Å². The van der Waals surface area contributed by atoms with Crippen LogP contribution >= 0.6 is 23.2 Å². The quantitative estimate of drug-likeness (QED) is 0.876. The fraction of sp³-hybridized carbons (Fsp3) is 0.0833. The van der Waals surface area contributed by atoms with Crippen molar-refractivity contribution >= 4 is 40.9 Å². The van der Waals surface area contributed by atoms with Gasteiger partial charge in [0.25, 0.3) is 0 Å². The SMILES string of the molecule is CN1N=C(c2c(Cl)cccc2Cl)Oc2cnc(N)nc21. The van der Waals surface area contributed by atoms with Gasteiger partial charge in [-0.15, -0.1) is 5.10 Å². The number of anilines is 2. The largest absolute Gasteiger partial charge is 0.431 e. The summed E-state index contributed by atoms with van der Waals surface area (Å²) in [6.07, 6.45) is 1.48. The molecule has 0 fully saturated rings. The smallest absolute Gasteiger partial charge is 0.247 e. The van der Waals surface area contributed by atoms with Gasteiger partial charge in [-0.2, -0.15) is 4.98 Å². The number of fused-ring (bicyclic) bond motifs is 1. The molecule has 0 atom stereocenters. The van der Waals surface area contributed by atoms with E-state index in [1.165, 1.54) is 11.2 Å². The van der Waals surface area contributed by atoms with Crippen molar-refractivity contribution < 1.29 is 4.74 Å². The summed E-state index contributed by atoms with van der Waals surface area (Å²) in [6.45, 7) is 0. The first kappa shape index (κ1) is 13.0. The number of hydrogen-bond donors (Lipinski definition) is 1. The Bertz CT molecular complexity index is 699. The highest BCUT2D eigenvalue weighted by Crippen LogP contribution is 2.33. The molecule has 1 aromatic carbocycles. The van der Waals surface area contributed by atoms with Crippen LogP contribution in [0.5, 0.6) is 5.75 Å². The first-order valence-electron chi connectivity index (χ1n) is 5.63. The van der Waals surface area contributed by atoms with E-state index >= 15 is 0 Å². The van der Waals surface area contributed by atoms with Crippen molar-refractivity contribution in [3.63, 3.8) is 0 Å². The Kier molecular flexibility index (Phi) is 3.11. The maximum absolute atomic E-state index is 6.15. The van der Waals surface area contributed by atoms with Crippen LogP contribution in [0.2, 0.25) is 10.0 Å². The van der Waals surface area contributed by atoms with Crippen LogP contribution in [0.3, 0.4) is 0 Å². The number of nitrogens with two attached hydrogens (primary N) is 1. The third-order valence-electron chi connectivity index (χ3n) is 2.69. The molecule has 2 aromatic rings. The molecule has 0 amide bonds. The van der Waals surface area contributed by atoms with Crippen molar-refractivity contribution in [1.82, 2.24) is 9.97 Å². The number of hydrazone groups is 1. The summed E-state index contributed by atoms with van der Waals surface area (Å²) in [7, 11) is 1.72. The Morgan fingerprint density at radius 2 is 1.95 bits per heavy atom. The molecule has 6 nitrogen and oxygen atoms in total. The lowest BCUT2D eigenvalue weighted by atomic mass is 10.2. The zero-order valence-corrected chi connectivity index (χ0v) is 11.9. The number of nitrogen functional groups attached to an aromatic ring is 1. The van der Waals surface area contributed by atoms with Crippen LogP contribution in [0.4, 0.5) is 11.8 Å². The number of nitrogens with zero attached hydrogens (tertiary/aromatic N) is 4. The summed E-state index contributed by atoms with van der Waals surface area (Å²) >= 11 is 12.3. The minimum Gasteiger partial charge on any atom is -0.431 e. The number of halogens is 2. The lowest BCUT2D eigenvalue weighted by molar-refractivity contribution is 0.525. The van der Waals surface area contributed by atoms with Crippen LogP contribution in [0.1, 0.15) is 5.56 Å². The Balaban J connectivity index is 2.09. The second-order valence-corrected chi connectivity index (χ2v) is 4.86. The van der Waals surface area contributed by atoms with Gasteiger partial charge >= 0.3 is 0 Å². The van der Waals surface area contributed by atoms with E-state index in [0.717, 1.165) is 0 Å². The molecule has 20 heavy (non-hydrogen) atoms. The van der Waals surface area contributed by atoms with E-state index in [2.05, 4.69) is 15.1 Å².